The van der Waals surface area contributed by atoms with E-state index in [9.17, 15) is 23.1 Å². The van der Waals surface area contributed by atoms with Gasteiger partial charge in [-0.1, -0.05) is 41.7 Å². The minimum atomic E-state index is -4.73. The van der Waals surface area contributed by atoms with E-state index in [1.807, 2.05) is 13.0 Å². The zero-order valence-corrected chi connectivity index (χ0v) is 19.6. The number of fused-ring (bicyclic) bond motifs is 2. The summed E-state index contributed by atoms with van der Waals surface area (Å²) in [5, 5.41) is 12.0. The average molecular weight is 510 g/mol. The molecule has 0 radical (unpaired) electrons. The molecule has 1 N–H and O–H groups in total. The van der Waals surface area contributed by atoms with Gasteiger partial charge in [-0.2, -0.15) is 13.2 Å². The summed E-state index contributed by atoms with van der Waals surface area (Å²) in [5.41, 5.74) is -1.50. The quantitative estimate of drug-likeness (QED) is 0.275. The van der Waals surface area contributed by atoms with Crippen LogP contribution in [0.25, 0.3) is 26.7 Å². The average Bonchev–Trinajstić information content (AvgIpc) is 3.26. The number of rotatable bonds is 5. The Kier molecular flexibility index (Phi) is 5.97. The predicted octanol–water partition coefficient (Wildman–Crippen LogP) is 6.47. The fraction of sp³-hybridized carbons (Fsp3) is 0.115. The van der Waals surface area contributed by atoms with Crippen LogP contribution in [0.3, 0.4) is 0 Å². The van der Waals surface area contributed by atoms with Gasteiger partial charge in [-0.25, -0.2) is 14.5 Å². The van der Waals surface area contributed by atoms with Crippen molar-refractivity contribution in [1.82, 2.24) is 9.55 Å². The number of aromatic hydroxyl groups is 1. The molecule has 3 aromatic carbocycles. The molecule has 2 aromatic heterocycles. The number of halogens is 3. The van der Waals surface area contributed by atoms with Crippen molar-refractivity contribution in [2.45, 2.75) is 13.1 Å². The molecule has 182 valence electrons. The number of thiazole rings is 1. The third-order valence-corrected chi connectivity index (χ3v) is 6.44. The molecule has 5 aromatic rings. The van der Waals surface area contributed by atoms with Gasteiger partial charge in [-0.05, 0) is 43.3 Å². The van der Waals surface area contributed by atoms with Gasteiger partial charge in [-0.3, -0.25) is 4.79 Å². The van der Waals surface area contributed by atoms with E-state index in [2.05, 4.69) is 9.98 Å². The summed E-state index contributed by atoms with van der Waals surface area (Å²) < 4.78 is 48.2. The number of ether oxygens (including phenoxy) is 1. The molecule has 36 heavy (non-hydrogen) atoms. The van der Waals surface area contributed by atoms with Gasteiger partial charge < -0.3 is 9.84 Å². The number of aromatic nitrogens is 2. The third kappa shape index (κ3) is 4.20. The maximum atomic E-state index is 13.7. The van der Waals surface area contributed by atoms with Crippen molar-refractivity contribution in [1.29, 1.82) is 0 Å². The molecule has 0 saturated heterocycles. The van der Waals surface area contributed by atoms with Crippen LogP contribution in [0.15, 0.2) is 76.5 Å². The van der Waals surface area contributed by atoms with Crippen molar-refractivity contribution < 1.29 is 23.0 Å². The van der Waals surface area contributed by atoms with Crippen LogP contribution in [0.2, 0.25) is 0 Å². The highest BCUT2D eigenvalue weighted by Gasteiger charge is 2.34. The van der Waals surface area contributed by atoms with Gasteiger partial charge in [0, 0.05) is 17.0 Å². The Labute approximate surface area is 206 Å². The number of nitrogens with zero attached hydrogens (tertiary/aromatic N) is 3. The van der Waals surface area contributed by atoms with Gasteiger partial charge >= 0.3 is 6.18 Å². The molecule has 0 amide bonds. The Morgan fingerprint density at radius 2 is 1.81 bits per heavy atom. The minimum absolute atomic E-state index is 0.0939. The zero-order valence-electron chi connectivity index (χ0n) is 18.8. The van der Waals surface area contributed by atoms with Crippen molar-refractivity contribution in [2.75, 3.05) is 6.61 Å². The molecule has 0 aliphatic rings. The van der Waals surface area contributed by atoms with Crippen LogP contribution in [0, 0.1) is 0 Å². The van der Waals surface area contributed by atoms with Gasteiger partial charge in [-0.15, -0.1) is 0 Å². The first-order valence-electron chi connectivity index (χ1n) is 10.9. The lowest BCUT2D eigenvalue weighted by Gasteiger charge is -2.17. The molecule has 0 aliphatic carbocycles. The van der Waals surface area contributed by atoms with Crippen LogP contribution in [0.5, 0.6) is 11.6 Å². The molecule has 0 spiro atoms. The topological polar surface area (TPSA) is 76.7 Å². The first-order chi connectivity index (χ1) is 17.3. The maximum Gasteiger partial charge on any atom is 0.418 e. The number of hydrogen-bond donors (Lipinski definition) is 1. The number of alkyl halides is 3. The van der Waals surface area contributed by atoms with Crippen LogP contribution < -0.4 is 10.3 Å². The molecule has 0 saturated carbocycles. The summed E-state index contributed by atoms with van der Waals surface area (Å²) in [4.78, 5) is 22.1. The van der Waals surface area contributed by atoms with E-state index in [0.717, 1.165) is 16.8 Å². The lowest BCUT2D eigenvalue weighted by Crippen LogP contribution is -2.23. The molecule has 5 rings (SSSR count). The highest BCUT2D eigenvalue weighted by atomic mass is 32.1. The lowest BCUT2D eigenvalue weighted by molar-refractivity contribution is -0.137. The number of benzene rings is 3. The van der Waals surface area contributed by atoms with E-state index in [-0.39, 0.29) is 10.9 Å². The highest BCUT2D eigenvalue weighted by molar-refractivity contribution is 7.22. The van der Waals surface area contributed by atoms with Crippen LogP contribution in [0.4, 0.5) is 18.3 Å². The van der Waals surface area contributed by atoms with E-state index in [0.29, 0.717) is 33.0 Å². The van der Waals surface area contributed by atoms with Crippen LogP contribution in [-0.2, 0) is 6.18 Å². The van der Waals surface area contributed by atoms with E-state index in [1.54, 1.807) is 30.3 Å². The van der Waals surface area contributed by atoms with Gasteiger partial charge in [0.05, 0.1) is 33.6 Å². The second kappa shape index (κ2) is 9.12. The Morgan fingerprint density at radius 1 is 1.08 bits per heavy atom. The monoisotopic (exact) mass is 509 g/mol. The van der Waals surface area contributed by atoms with Crippen LogP contribution >= 0.6 is 11.3 Å². The fourth-order valence-electron chi connectivity index (χ4n) is 3.95. The smallest absolute Gasteiger partial charge is 0.418 e. The molecule has 0 atom stereocenters. The van der Waals surface area contributed by atoms with Gasteiger partial charge in [0.15, 0.2) is 0 Å². The summed E-state index contributed by atoms with van der Waals surface area (Å²) in [7, 11) is 0. The second-order valence-electron chi connectivity index (χ2n) is 7.76. The first-order valence-corrected chi connectivity index (χ1v) is 11.7. The standard InChI is InChI=1S/C26H18F3N3O3S/c1-2-35-15-11-12-20-22(13-15)36-25(31-20)30-14-18-16-7-3-4-8-17(16)23(33)32(24(18)34)21-10-6-5-9-19(21)26(27,28)29/h3-14,34H,2H2,1H3/b30-14+. The Morgan fingerprint density at radius 3 is 2.56 bits per heavy atom. The van der Waals surface area contributed by atoms with Crippen molar-refractivity contribution in [2.24, 2.45) is 4.99 Å². The first kappa shape index (κ1) is 23.6. The Bertz CT molecular complexity index is 1690. The minimum Gasteiger partial charge on any atom is -0.494 e. The van der Waals surface area contributed by atoms with E-state index < -0.39 is 28.9 Å². The molecular weight excluding hydrogens is 491 g/mol. The highest BCUT2D eigenvalue weighted by Crippen LogP contribution is 2.36. The van der Waals surface area contributed by atoms with Gasteiger partial charge in [0.1, 0.15) is 5.75 Å². The molecule has 0 fully saturated rings. The molecule has 10 heteroatoms. The number of hydrogen-bond acceptors (Lipinski definition) is 6. The van der Waals surface area contributed by atoms with Crippen molar-refractivity contribution in [3.63, 3.8) is 0 Å². The largest absolute Gasteiger partial charge is 0.494 e. The zero-order chi connectivity index (χ0) is 25.4. The lowest BCUT2D eigenvalue weighted by atomic mass is 10.1. The summed E-state index contributed by atoms with van der Waals surface area (Å²) in [6, 6.07) is 16.4. The molecule has 6 nitrogen and oxygen atoms in total. The van der Waals surface area contributed by atoms with E-state index >= 15 is 0 Å². The molecule has 0 unspecified atom stereocenters. The number of aliphatic imine (C=N–C) groups is 1. The molecule has 0 bridgehead atoms. The predicted molar refractivity (Wildman–Crippen MR) is 134 cm³/mol. The molecular formula is C26H18F3N3O3S. The summed E-state index contributed by atoms with van der Waals surface area (Å²) in [6.45, 7) is 2.41. The van der Waals surface area contributed by atoms with Gasteiger partial charge in [0.25, 0.3) is 5.56 Å². The summed E-state index contributed by atoms with van der Waals surface area (Å²) in [6.07, 6.45) is -3.42. The Balaban J connectivity index is 1.69. The van der Waals surface area contributed by atoms with Crippen molar-refractivity contribution in [3.05, 3.63) is 88.2 Å². The van der Waals surface area contributed by atoms with E-state index in [1.165, 1.54) is 35.8 Å². The van der Waals surface area contributed by atoms with Crippen molar-refractivity contribution in [3.8, 4) is 17.3 Å². The molecule has 0 aliphatic heterocycles. The summed E-state index contributed by atoms with van der Waals surface area (Å²) >= 11 is 1.29. The van der Waals surface area contributed by atoms with Crippen molar-refractivity contribution >= 4 is 43.7 Å². The molecule has 2 heterocycles. The van der Waals surface area contributed by atoms with E-state index in [4.69, 9.17) is 4.74 Å². The normalized spacial score (nSPS) is 12.1. The SMILES string of the molecule is CCOc1ccc2nc(/N=C/c3c(O)n(-c4ccccc4C(F)(F)F)c(=O)c4ccccc34)sc2c1. The van der Waals surface area contributed by atoms with Crippen LogP contribution in [0.1, 0.15) is 18.1 Å². The number of pyridine rings is 1. The maximum absolute atomic E-state index is 13.7. The Hall–Kier alpha value is -4.18. The van der Waals surface area contributed by atoms with Gasteiger partial charge in [0.2, 0.25) is 11.0 Å². The third-order valence-electron chi connectivity index (χ3n) is 5.52. The summed E-state index contributed by atoms with van der Waals surface area (Å²) in [5.74, 6) is 0.0436. The second-order valence-corrected chi connectivity index (χ2v) is 8.76. The van der Waals surface area contributed by atoms with Crippen LogP contribution in [-0.4, -0.2) is 27.5 Å². The fourth-order valence-corrected chi connectivity index (χ4v) is 4.78. The number of para-hydroxylation sites is 1.